The van der Waals surface area contributed by atoms with Gasteiger partial charge in [-0.05, 0) is 19.3 Å². The van der Waals surface area contributed by atoms with Gasteiger partial charge in [0.2, 0.25) is 11.9 Å². The van der Waals surface area contributed by atoms with E-state index in [1.807, 2.05) is 4.90 Å². The Hall–Kier alpha value is -2.09. The Balaban J connectivity index is 1.53. The molecule has 0 saturated carbocycles. The van der Waals surface area contributed by atoms with Crippen molar-refractivity contribution in [1.29, 1.82) is 0 Å². The molecule has 0 bridgehead atoms. The average Bonchev–Trinajstić information content (AvgIpc) is 3.01. The van der Waals surface area contributed by atoms with Crippen LogP contribution in [0, 0.1) is 5.92 Å². The van der Waals surface area contributed by atoms with Crippen LogP contribution < -0.4 is 21.5 Å². The lowest BCUT2D eigenvalue weighted by Gasteiger charge is -2.33. The molecule has 4 N–H and O–H groups in total. The van der Waals surface area contributed by atoms with Crippen LogP contribution in [0.2, 0.25) is 0 Å². The fourth-order valence-electron chi connectivity index (χ4n) is 2.94. The van der Waals surface area contributed by atoms with E-state index in [1.54, 1.807) is 0 Å². The lowest BCUT2D eigenvalue weighted by molar-refractivity contribution is -0.125. The molecule has 1 aromatic heterocycles. The van der Waals surface area contributed by atoms with E-state index in [-0.39, 0.29) is 29.4 Å². The zero-order valence-electron chi connectivity index (χ0n) is 12.4. The van der Waals surface area contributed by atoms with Gasteiger partial charge in [0.15, 0.2) is 0 Å². The molecule has 3 heterocycles. The lowest BCUT2D eigenvalue weighted by Crippen LogP contribution is -2.46. The third-order valence-electron chi connectivity index (χ3n) is 4.21. The molecular weight excluding hydrogens is 286 g/mol. The van der Waals surface area contributed by atoms with Crippen molar-refractivity contribution in [1.82, 2.24) is 15.3 Å². The first-order valence-electron chi connectivity index (χ1n) is 7.62. The topological polar surface area (TPSA) is 113 Å². The predicted molar refractivity (Wildman–Crippen MR) is 81.6 cm³/mol. The molecule has 0 radical (unpaired) electrons. The molecule has 0 aromatic carbocycles. The SMILES string of the molecule is Nc1nc(N2CCC(NC(=O)C3CCOC3)CC2)cc(=O)[nH]1. The highest BCUT2D eigenvalue weighted by atomic mass is 16.5. The molecule has 8 nitrogen and oxygen atoms in total. The van der Waals surface area contributed by atoms with Gasteiger partial charge in [0.25, 0.3) is 5.56 Å². The average molecular weight is 307 g/mol. The van der Waals surface area contributed by atoms with Crippen LogP contribution >= 0.6 is 0 Å². The third-order valence-corrected chi connectivity index (χ3v) is 4.21. The Morgan fingerprint density at radius 1 is 1.41 bits per heavy atom. The number of aromatic amines is 1. The Labute approximate surface area is 128 Å². The minimum absolute atomic E-state index is 0.00724. The van der Waals surface area contributed by atoms with E-state index >= 15 is 0 Å². The number of rotatable bonds is 3. The maximum atomic E-state index is 12.1. The highest BCUT2D eigenvalue weighted by Gasteiger charge is 2.27. The van der Waals surface area contributed by atoms with Gasteiger partial charge in [0.1, 0.15) is 5.82 Å². The predicted octanol–water partition coefficient (Wildman–Crippen LogP) is -0.526. The van der Waals surface area contributed by atoms with Crippen LogP contribution in [0.5, 0.6) is 0 Å². The van der Waals surface area contributed by atoms with Crippen LogP contribution in [0.4, 0.5) is 11.8 Å². The molecule has 1 atom stereocenters. The summed E-state index contributed by atoms with van der Waals surface area (Å²) >= 11 is 0. The molecule has 2 saturated heterocycles. The number of aromatic nitrogens is 2. The number of amides is 1. The van der Waals surface area contributed by atoms with Crippen molar-refractivity contribution in [2.75, 3.05) is 36.9 Å². The normalized spacial score (nSPS) is 22.7. The molecule has 1 aromatic rings. The van der Waals surface area contributed by atoms with Crippen LogP contribution in [0.25, 0.3) is 0 Å². The molecule has 2 aliphatic rings. The molecule has 0 spiro atoms. The van der Waals surface area contributed by atoms with Crippen LogP contribution in [-0.4, -0.2) is 48.2 Å². The fraction of sp³-hybridized carbons (Fsp3) is 0.643. The number of H-pyrrole nitrogens is 1. The van der Waals surface area contributed by atoms with Gasteiger partial charge in [0, 0.05) is 31.8 Å². The number of nitrogens with two attached hydrogens (primary N) is 1. The summed E-state index contributed by atoms with van der Waals surface area (Å²) in [5, 5.41) is 3.10. The monoisotopic (exact) mass is 307 g/mol. The molecule has 2 aliphatic heterocycles. The van der Waals surface area contributed by atoms with Crippen LogP contribution in [0.15, 0.2) is 10.9 Å². The summed E-state index contributed by atoms with van der Waals surface area (Å²) in [7, 11) is 0. The number of nitrogen functional groups attached to an aromatic ring is 1. The fourth-order valence-corrected chi connectivity index (χ4v) is 2.94. The number of nitrogens with one attached hydrogen (secondary N) is 2. The van der Waals surface area contributed by atoms with E-state index in [0.717, 1.165) is 32.4 Å². The Morgan fingerprint density at radius 2 is 2.18 bits per heavy atom. The molecule has 0 aliphatic carbocycles. The number of piperidine rings is 1. The first-order chi connectivity index (χ1) is 10.6. The largest absolute Gasteiger partial charge is 0.381 e. The molecular formula is C14H21N5O3. The van der Waals surface area contributed by atoms with Crippen molar-refractivity contribution < 1.29 is 9.53 Å². The highest BCUT2D eigenvalue weighted by molar-refractivity contribution is 5.79. The molecule has 1 amide bonds. The van der Waals surface area contributed by atoms with Gasteiger partial charge in [-0.15, -0.1) is 0 Å². The van der Waals surface area contributed by atoms with E-state index in [2.05, 4.69) is 15.3 Å². The van der Waals surface area contributed by atoms with Gasteiger partial charge in [-0.3, -0.25) is 14.6 Å². The van der Waals surface area contributed by atoms with Crippen molar-refractivity contribution in [3.05, 3.63) is 16.4 Å². The van der Waals surface area contributed by atoms with E-state index in [4.69, 9.17) is 10.5 Å². The van der Waals surface area contributed by atoms with E-state index in [9.17, 15) is 9.59 Å². The lowest BCUT2D eigenvalue weighted by atomic mass is 10.0. The molecule has 120 valence electrons. The Bertz CT molecular complexity index is 588. The second-order valence-corrected chi connectivity index (χ2v) is 5.82. The summed E-state index contributed by atoms with van der Waals surface area (Å²) in [4.78, 5) is 32.1. The van der Waals surface area contributed by atoms with Gasteiger partial charge >= 0.3 is 0 Å². The molecule has 3 rings (SSSR count). The molecule has 2 fully saturated rings. The number of carbonyl (C=O) groups is 1. The van der Waals surface area contributed by atoms with E-state index in [0.29, 0.717) is 19.0 Å². The summed E-state index contributed by atoms with van der Waals surface area (Å²) in [6, 6.07) is 1.62. The number of ether oxygens (including phenoxy) is 1. The van der Waals surface area contributed by atoms with Gasteiger partial charge in [-0.25, -0.2) is 0 Å². The zero-order valence-corrected chi connectivity index (χ0v) is 12.4. The molecule has 22 heavy (non-hydrogen) atoms. The van der Waals surface area contributed by atoms with Crippen molar-refractivity contribution >= 4 is 17.7 Å². The number of carbonyl (C=O) groups excluding carboxylic acids is 1. The minimum atomic E-state index is -0.251. The van der Waals surface area contributed by atoms with Gasteiger partial charge in [0.05, 0.1) is 12.5 Å². The van der Waals surface area contributed by atoms with E-state index < -0.39 is 0 Å². The Morgan fingerprint density at radius 3 is 2.82 bits per heavy atom. The van der Waals surface area contributed by atoms with Gasteiger partial charge in [-0.1, -0.05) is 0 Å². The zero-order chi connectivity index (χ0) is 15.5. The minimum Gasteiger partial charge on any atom is -0.381 e. The van der Waals surface area contributed by atoms with Crippen LogP contribution in [0.3, 0.4) is 0 Å². The van der Waals surface area contributed by atoms with Crippen molar-refractivity contribution in [3.63, 3.8) is 0 Å². The summed E-state index contributed by atoms with van der Waals surface area (Å²) in [5.74, 6) is 0.802. The van der Waals surface area contributed by atoms with Gasteiger partial charge < -0.3 is 20.7 Å². The number of anilines is 2. The van der Waals surface area contributed by atoms with Crippen molar-refractivity contribution in [2.24, 2.45) is 5.92 Å². The first-order valence-corrected chi connectivity index (χ1v) is 7.62. The maximum absolute atomic E-state index is 12.1. The summed E-state index contributed by atoms with van der Waals surface area (Å²) < 4.78 is 5.24. The summed E-state index contributed by atoms with van der Waals surface area (Å²) in [6.07, 6.45) is 2.46. The maximum Gasteiger partial charge on any atom is 0.254 e. The number of nitrogens with zero attached hydrogens (tertiary/aromatic N) is 2. The number of hydrogen-bond acceptors (Lipinski definition) is 6. The molecule has 1 unspecified atom stereocenters. The Kier molecular flexibility index (Phi) is 4.28. The summed E-state index contributed by atoms with van der Waals surface area (Å²) in [5.41, 5.74) is 5.32. The van der Waals surface area contributed by atoms with Gasteiger partial charge in [-0.2, -0.15) is 4.98 Å². The standard InChI is InChI=1S/C14H21N5O3/c15-14-17-11(7-12(20)18-14)19-4-1-10(2-5-19)16-13(21)9-3-6-22-8-9/h7,9-10H,1-6,8H2,(H,16,21)(H3,15,17,18,20). The smallest absolute Gasteiger partial charge is 0.254 e. The van der Waals surface area contributed by atoms with Crippen molar-refractivity contribution in [3.8, 4) is 0 Å². The van der Waals surface area contributed by atoms with Crippen LogP contribution in [0.1, 0.15) is 19.3 Å². The third kappa shape index (κ3) is 3.38. The van der Waals surface area contributed by atoms with Crippen LogP contribution in [-0.2, 0) is 9.53 Å². The summed E-state index contributed by atoms with van der Waals surface area (Å²) in [6.45, 7) is 2.68. The van der Waals surface area contributed by atoms with E-state index in [1.165, 1.54) is 6.07 Å². The molecule has 8 heteroatoms. The quantitative estimate of drug-likeness (QED) is 0.692. The highest BCUT2D eigenvalue weighted by Crippen LogP contribution is 2.18. The second kappa shape index (κ2) is 6.35. The second-order valence-electron chi connectivity index (χ2n) is 5.82. The number of hydrogen-bond donors (Lipinski definition) is 3. The van der Waals surface area contributed by atoms with Crippen molar-refractivity contribution in [2.45, 2.75) is 25.3 Å². The first kappa shape index (κ1) is 14.8.